The van der Waals surface area contributed by atoms with Crippen LogP contribution in [0, 0.1) is 19.8 Å². The molecule has 0 aliphatic heterocycles. The second kappa shape index (κ2) is 6.87. The summed E-state index contributed by atoms with van der Waals surface area (Å²) in [4.78, 5) is 11.5. The van der Waals surface area contributed by atoms with E-state index in [1.807, 2.05) is 0 Å². The summed E-state index contributed by atoms with van der Waals surface area (Å²) in [5, 5.41) is 20.8. The summed E-state index contributed by atoms with van der Waals surface area (Å²) in [7, 11) is 0. The van der Waals surface area contributed by atoms with E-state index < -0.39 is 5.97 Å². The Kier molecular flexibility index (Phi) is 5.15. The molecule has 116 valence electrons. The lowest BCUT2D eigenvalue weighted by atomic mass is 9.83. The minimum atomic E-state index is -0.937. The fourth-order valence-corrected chi connectivity index (χ4v) is 3.17. The number of nitrogens with zero attached hydrogens (tertiary/aromatic N) is 2. The number of anilines is 1. The van der Waals surface area contributed by atoms with Crippen molar-refractivity contribution >= 4 is 11.8 Å². The molecule has 2 rings (SSSR count). The maximum Gasteiger partial charge on any atom is 0.339 e. The maximum atomic E-state index is 11.5. The van der Waals surface area contributed by atoms with Crippen LogP contribution in [0.1, 0.15) is 67.1 Å². The van der Waals surface area contributed by atoms with E-state index in [1.165, 1.54) is 25.7 Å². The molecule has 1 aromatic heterocycles. The Hall–Kier alpha value is -1.65. The molecule has 2 N–H and O–H groups in total. The largest absolute Gasteiger partial charge is 0.478 e. The monoisotopic (exact) mass is 291 g/mol. The summed E-state index contributed by atoms with van der Waals surface area (Å²) in [6, 6.07) is 0.313. The summed E-state index contributed by atoms with van der Waals surface area (Å²) < 4.78 is 0. The number of carboxylic acid groups (broad SMARTS) is 1. The smallest absolute Gasteiger partial charge is 0.339 e. The van der Waals surface area contributed by atoms with Crippen molar-refractivity contribution in [3.05, 3.63) is 16.8 Å². The van der Waals surface area contributed by atoms with Gasteiger partial charge in [-0.1, -0.05) is 19.8 Å². The van der Waals surface area contributed by atoms with Crippen molar-refractivity contribution in [2.45, 2.75) is 65.3 Å². The van der Waals surface area contributed by atoms with Crippen molar-refractivity contribution in [2.75, 3.05) is 5.32 Å². The summed E-state index contributed by atoms with van der Waals surface area (Å²) in [5.74, 6) is 0.315. The van der Waals surface area contributed by atoms with Crippen LogP contribution < -0.4 is 5.32 Å². The standard InChI is InChI=1S/C16H25N3O2/c1-4-5-12-6-8-13(9-7-12)17-15-14(16(20)21)10(2)11(3)18-19-15/h12-13H,4-9H2,1-3H3,(H,17,19)(H,20,21). The highest BCUT2D eigenvalue weighted by molar-refractivity contribution is 5.94. The number of aromatic carboxylic acids is 1. The third-order valence-electron chi connectivity index (χ3n) is 4.55. The predicted molar refractivity (Wildman–Crippen MR) is 82.7 cm³/mol. The Morgan fingerprint density at radius 1 is 1.24 bits per heavy atom. The first-order chi connectivity index (χ1) is 10.0. The van der Waals surface area contributed by atoms with Crippen molar-refractivity contribution in [2.24, 2.45) is 5.92 Å². The van der Waals surface area contributed by atoms with E-state index in [4.69, 9.17) is 0 Å². The van der Waals surface area contributed by atoms with Crippen LogP contribution in [0.4, 0.5) is 5.82 Å². The van der Waals surface area contributed by atoms with Gasteiger partial charge in [-0.3, -0.25) is 0 Å². The average Bonchev–Trinajstić information content (AvgIpc) is 2.45. The van der Waals surface area contributed by atoms with Crippen LogP contribution in [-0.4, -0.2) is 27.3 Å². The molecule has 0 radical (unpaired) electrons. The third kappa shape index (κ3) is 3.71. The molecule has 1 heterocycles. The second-order valence-electron chi connectivity index (χ2n) is 6.09. The summed E-state index contributed by atoms with van der Waals surface area (Å²) in [6.07, 6.45) is 7.14. The van der Waals surface area contributed by atoms with Crippen LogP contribution in [0.2, 0.25) is 0 Å². The lowest BCUT2D eigenvalue weighted by Gasteiger charge is -2.29. The van der Waals surface area contributed by atoms with Crippen LogP contribution in [-0.2, 0) is 0 Å². The van der Waals surface area contributed by atoms with Crippen LogP contribution in [0.25, 0.3) is 0 Å². The van der Waals surface area contributed by atoms with E-state index in [9.17, 15) is 9.90 Å². The van der Waals surface area contributed by atoms with Gasteiger partial charge in [0.1, 0.15) is 5.56 Å². The van der Waals surface area contributed by atoms with Gasteiger partial charge in [0.2, 0.25) is 0 Å². The van der Waals surface area contributed by atoms with E-state index in [0.717, 1.165) is 18.8 Å². The lowest BCUT2D eigenvalue weighted by molar-refractivity contribution is 0.0696. The first-order valence-corrected chi connectivity index (χ1v) is 7.86. The molecule has 0 bridgehead atoms. The van der Waals surface area contributed by atoms with Crippen LogP contribution >= 0.6 is 0 Å². The van der Waals surface area contributed by atoms with Gasteiger partial charge in [-0.15, -0.1) is 5.10 Å². The molecular formula is C16H25N3O2. The highest BCUT2D eigenvalue weighted by Gasteiger charge is 2.24. The molecule has 5 heteroatoms. The summed E-state index contributed by atoms with van der Waals surface area (Å²) in [5.41, 5.74) is 1.63. The molecule has 21 heavy (non-hydrogen) atoms. The Morgan fingerprint density at radius 3 is 2.48 bits per heavy atom. The molecular weight excluding hydrogens is 266 g/mol. The number of aromatic nitrogens is 2. The Bertz CT molecular complexity index is 508. The first-order valence-electron chi connectivity index (χ1n) is 7.86. The number of hydrogen-bond donors (Lipinski definition) is 2. The van der Waals surface area contributed by atoms with E-state index >= 15 is 0 Å². The van der Waals surface area contributed by atoms with E-state index in [-0.39, 0.29) is 5.56 Å². The predicted octanol–water partition coefficient (Wildman–Crippen LogP) is 3.56. The highest BCUT2D eigenvalue weighted by Crippen LogP contribution is 2.30. The molecule has 0 atom stereocenters. The average molecular weight is 291 g/mol. The number of carboxylic acids is 1. The third-order valence-corrected chi connectivity index (χ3v) is 4.55. The minimum absolute atomic E-state index is 0.262. The van der Waals surface area contributed by atoms with Crippen molar-refractivity contribution in [1.29, 1.82) is 0 Å². The van der Waals surface area contributed by atoms with E-state index in [1.54, 1.807) is 13.8 Å². The molecule has 5 nitrogen and oxygen atoms in total. The van der Waals surface area contributed by atoms with Gasteiger partial charge in [-0.05, 0) is 51.0 Å². The van der Waals surface area contributed by atoms with Crippen LogP contribution in [0.15, 0.2) is 0 Å². The molecule has 0 saturated heterocycles. The molecule has 1 aliphatic rings. The second-order valence-corrected chi connectivity index (χ2v) is 6.09. The zero-order valence-corrected chi connectivity index (χ0v) is 13.1. The normalized spacial score (nSPS) is 22.0. The topological polar surface area (TPSA) is 75.1 Å². The summed E-state index contributed by atoms with van der Waals surface area (Å²) >= 11 is 0. The highest BCUT2D eigenvalue weighted by atomic mass is 16.4. The summed E-state index contributed by atoms with van der Waals surface area (Å²) in [6.45, 7) is 5.81. The zero-order valence-electron chi connectivity index (χ0n) is 13.1. The fourth-order valence-electron chi connectivity index (χ4n) is 3.17. The number of nitrogens with one attached hydrogen (secondary N) is 1. The Labute approximate surface area is 126 Å². The Morgan fingerprint density at radius 2 is 1.90 bits per heavy atom. The zero-order chi connectivity index (χ0) is 15.4. The molecule has 1 aromatic rings. The van der Waals surface area contributed by atoms with Gasteiger partial charge in [0.15, 0.2) is 5.82 Å². The van der Waals surface area contributed by atoms with Gasteiger partial charge in [-0.2, -0.15) is 5.10 Å². The molecule has 0 unspecified atom stereocenters. The molecule has 0 amide bonds. The van der Waals surface area contributed by atoms with Crippen LogP contribution in [0.3, 0.4) is 0 Å². The van der Waals surface area contributed by atoms with Gasteiger partial charge in [0.25, 0.3) is 0 Å². The number of rotatable bonds is 5. The lowest BCUT2D eigenvalue weighted by Crippen LogP contribution is -2.28. The van der Waals surface area contributed by atoms with Crippen molar-refractivity contribution < 1.29 is 9.90 Å². The van der Waals surface area contributed by atoms with Gasteiger partial charge in [0.05, 0.1) is 5.69 Å². The minimum Gasteiger partial charge on any atom is -0.478 e. The van der Waals surface area contributed by atoms with Crippen LogP contribution in [0.5, 0.6) is 0 Å². The van der Waals surface area contributed by atoms with Gasteiger partial charge in [-0.25, -0.2) is 4.79 Å². The molecule has 1 saturated carbocycles. The SMILES string of the molecule is CCCC1CCC(Nc2nnc(C)c(C)c2C(=O)O)CC1. The van der Waals surface area contributed by atoms with Gasteiger partial charge in [0, 0.05) is 6.04 Å². The molecule has 1 aliphatic carbocycles. The van der Waals surface area contributed by atoms with Crippen molar-refractivity contribution in [3.8, 4) is 0 Å². The number of hydrogen-bond acceptors (Lipinski definition) is 4. The Balaban J connectivity index is 2.07. The fraction of sp³-hybridized carbons (Fsp3) is 0.688. The van der Waals surface area contributed by atoms with Gasteiger partial charge < -0.3 is 10.4 Å². The quantitative estimate of drug-likeness (QED) is 0.867. The molecule has 1 fully saturated rings. The van der Waals surface area contributed by atoms with E-state index in [0.29, 0.717) is 23.1 Å². The van der Waals surface area contributed by atoms with E-state index in [2.05, 4.69) is 22.4 Å². The van der Waals surface area contributed by atoms with Gasteiger partial charge >= 0.3 is 5.97 Å². The first kappa shape index (κ1) is 15.7. The molecule has 0 aromatic carbocycles. The van der Waals surface area contributed by atoms with Crippen molar-refractivity contribution in [1.82, 2.24) is 10.2 Å². The van der Waals surface area contributed by atoms with Crippen molar-refractivity contribution in [3.63, 3.8) is 0 Å². The number of aryl methyl sites for hydroxylation is 1. The maximum absolute atomic E-state index is 11.5. The number of carbonyl (C=O) groups is 1. The molecule has 0 spiro atoms.